The lowest BCUT2D eigenvalue weighted by molar-refractivity contribution is 0.340. The highest BCUT2D eigenvalue weighted by Gasteiger charge is 2.12. The SMILES string of the molecule is CCOc1cccc(-c2n[nH]c(=S)n2/N=C/c2cc(OC)c(OC)cc2OC)c1. The van der Waals surface area contributed by atoms with Crippen LogP contribution in [0, 0.1) is 4.77 Å². The maximum absolute atomic E-state index is 5.57. The number of hydrogen-bond donors (Lipinski definition) is 1. The molecule has 0 saturated heterocycles. The fraction of sp³-hybridized carbons (Fsp3) is 0.250. The number of rotatable bonds is 8. The Bertz CT molecular complexity index is 1070. The van der Waals surface area contributed by atoms with Crippen molar-refractivity contribution in [2.75, 3.05) is 27.9 Å². The fourth-order valence-corrected chi connectivity index (χ4v) is 2.93. The smallest absolute Gasteiger partial charge is 0.216 e. The first kappa shape index (κ1) is 20.4. The van der Waals surface area contributed by atoms with Gasteiger partial charge in [0.05, 0.1) is 34.2 Å². The number of methoxy groups -OCH3 is 3. The van der Waals surface area contributed by atoms with Crippen molar-refractivity contribution in [2.45, 2.75) is 6.92 Å². The molecule has 0 fully saturated rings. The van der Waals surface area contributed by atoms with E-state index in [0.29, 0.717) is 40.0 Å². The van der Waals surface area contributed by atoms with E-state index in [2.05, 4.69) is 15.3 Å². The molecule has 0 unspecified atom stereocenters. The van der Waals surface area contributed by atoms with Crippen LogP contribution in [-0.2, 0) is 0 Å². The van der Waals surface area contributed by atoms with Gasteiger partial charge < -0.3 is 18.9 Å². The van der Waals surface area contributed by atoms with E-state index >= 15 is 0 Å². The Morgan fingerprint density at radius 1 is 1.07 bits per heavy atom. The molecule has 0 aliphatic rings. The predicted octanol–water partition coefficient (Wildman–Crippen LogP) is 3.91. The third-order valence-corrected chi connectivity index (χ3v) is 4.37. The van der Waals surface area contributed by atoms with Crippen molar-refractivity contribution in [3.63, 3.8) is 0 Å². The van der Waals surface area contributed by atoms with Crippen LogP contribution in [0.4, 0.5) is 0 Å². The predicted molar refractivity (Wildman–Crippen MR) is 113 cm³/mol. The van der Waals surface area contributed by atoms with Gasteiger partial charge in [-0.05, 0) is 37.3 Å². The first-order valence-corrected chi connectivity index (χ1v) is 9.27. The average molecular weight is 414 g/mol. The molecule has 3 aromatic rings. The lowest BCUT2D eigenvalue weighted by atomic mass is 10.2. The molecule has 1 N–H and O–H groups in total. The van der Waals surface area contributed by atoms with E-state index in [-0.39, 0.29) is 0 Å². The minimum Gasteiger partial charge on any atom is -0.496 e. The van der Waals surface area contributed by atoms with E-state index < -0.39 is 0 Å². The van der Waals surface area contributed by atoms with Gasteiger partial charge in [0, 0.05) is 17.2 Å². The molecule has 3 rings (SSSR count). The summed E-state index contributed by atoms with van der Waals surface area (Å²) < 4.78 is 23.6. The standard InChI is InChI=1S/C20H22N4O4S/c1-5-28-15-8-6-7-13(9-15)19-22-23-20(29)24(19)21-12-14-10-17(26-3)18(27-4)11-16(14)25-2/h6-12H,5H2,1-4H3,(H,23,29)/b21-12+. The Balaban J connectivity index is 2.02. The average Bonchev–Trinajstić information content (AvgIpc) is 3.12. The van der Waals surface area contributed by atoms with Gasteiger partial charge >= 0.3 is 0 Å². The van der Waals surface area contributed by atoms with Gasteiger partial charge in [0.15, 0.2) is 17.3 Å². The fourth-order valence-electron chi connectivity index (χ4n) is 2.75. The van der Waals surface area contributed by atoms with E-state index in [1.807, 2.05) is 31.2 Å². The maximum atomic E-state index is 5.57. The molecule has 0 aliphatic heterocycles. The second-order valence-corrected chi connectivity index (χ2v) is 6.21. The molecule has 0 spiro atoms. The Labute approximate surface area is 173 Å². The molecule has 8 nitrogen and oxygen atoms in total. The highest BCUT2D eigenvalue weighted by Crippen LogP contribution is 2.34. The zero-order chi connectivity index (χ0) is 20.8. The van der Waals surface area contributed by atoms with Crippen LogP contribution in [0.3, 0.4) is 0 Å². The van der Waals surface area contributed by atoms with Crippen molar-refractivity contribution in [3.05, 3.63) is 46.7 Å². The molecule has 1 aromatic heterocycles. The molecule has 0 aliphatic carbocycles. The highest BCUT2D eigenvalue weighted by atomic mass is 32.1. The number of ether oxygens (including phenoxy) is 4. The summed E-state index contributed by atoms with van der Waals surface area (Å²) in [5.41, 5.74) is 1.52. The van der Waals surface area contributed by atoms with Crippen LogP contribution in [0.2, 0.25) is 0 Å². The van der Waals surface area contributed by atoms with Crippen LogP contribution >= 0.6 is 12.2 Å². The van der Waals surface area contributed by atoms with E-state index in [9.17, 15) is 0 Å². The van der Waals surface area contributed by atoms with E-state index in [1.165, 1.54) is 4.68 Å². The third kappa shape index (κ3) is 4.40. The van der Waals surface area contributed by atoms with Gasteiger partial charge in [-0.3, -0.25) is 0 Å². The summed E-state index contributed by atoms with van der Waals surface area (Å²) >= 11 is 5.35. The monoisotopic (exact) mass is 414 g/mol. The zero-order valence-electron chi connectivity index (χ0n) is 16.6. The number of H-pyrrole nitrogens is 1. The van der Waals surface area contributed by atoms with Crippen molar-refractivity contribution >= 4 is 18.4 Å². The van der Waals surface area contributed by atoms with Crippen LogP contribution in [-0.4, -0.2) is 49.0 Å². The van der Waals surface area contributed by atoms with Gasteiger partial charge in [-0.2, -0.15) is 14.9 Å². The molecule has 0 amide bonds. The topological polar surface area (TPSA) is 82.9 Å². The summed E-state index contributed by atoms with van der Waals surface area (Å²) in [6.07, 6.45) is 1.63. The zero-order valence-corrected chi connectivity index (χ0v) is 17.4. The Morgan fingerprint density at radius 3 is 2.48 bits per heavy atom. The van der Waals surface area contributed by atoms with Crippen molar-refractivity contribution in [3.8, 4) is 34.4 Å². The van der Waals surface area contributed by atoms with Gasteiger partial charge in [-0.15, -0.1) is 0 Å². The number of benzene rings is 2. The number of nitrogens with one attached hydrogen (secondary N) is 1. The number of aromatic nitrogens is 3. The minimum absolute atomic E-state index is 0.359. The molecule has 1 heterocycles. The van der Waals surface area contributed by atoms with Gasteiger partial charge in [0.1, 0.15) is 11.5 Å². The molecule has 2 aromatic carbocycles. The summed E-state index contributed by atoms with van der Waals surface area (Å²) in [5, 5.41) is 11.6. The Kier molecular flexibility index (Phi) is 6.50. The lowest BCUT2D eigenvalue weighted by Crippen LogP contribution is -1.99. The van der Waals surface area contributed by atoms with Crippen molar-refractivity contribution in [2.24, 2.45) is 5.10 Å². The normalized spacial score (nSPS) is 10.9. The summed E-state index contributed by atoms with van der Waals surface area (Å²) in [4.78, 5) is 0. The second-order valence-electron chi connectivity index (χ2n) is 5.82. The molecule has 9 heteroatoms. The van der Waals surface area contributed by atoms with E-state index in [4.69, 9.17) is 31.2 Å². The molecular weight excluding hydrogens is 392 g/mol. The van der Waals surface area contributed by atoms with Crippen LogP contribution < -0.4 is 18.9 Å². The number of aromatic amines is 1. The van der Waals surface area contributed by atoms with Gasteiger partial charge in [0.2, 0.25) is 4.77 Å². The number of hydrogen-bond acceptors (Lipinski definition) is 7. The molecule has 29 heavy (non-hydrogen) atoms. The van der Waals surface area contributed by atoms with Crippen LogP contribution in [0.1, 0.15) is 12.5 Å². The molecule has 0 bridgehead atoms. The van der Waals surface area contributed by atoms with Crippen LogP contribution in [0.15, 0.2) is 41.5 Å². The van der Waals surface area contributed by atoms with Gasteiger partial charge in [-0.1, -0.05) is 12.1 Å². The lowest BCUT2D eigenvalue weighted by Gasteiger charge is -2.11. The molecule has 152 valence electrons. The number of nitrogens with zero attached hydrogens (tertiary/aromatic N) is 3. The highest BCUT2D eigenvalue weighted by molar-refractivity contribution is 7.71. The van der Waals surface area contributed by atoms with Crippen LogP contribution in [0.5, 0.6) is 23.0 Å². The molecule has 0 radical (unpaired) electrons. The molecule has 0 saturated carbocycles. The molecular formula is C20H22N4O4S. The second kappa shape index (κ2) is 9.24. The maximum Gasteiger partial charge on any atom is 0.216 e. The van der Waals surface area contributed by atoms with Crippen molar-refractivity contribution < 1.29 is 18.9 Å². The minimum atomic E-state index is 0.359. The largest absolute Gasteiger partial charge is 0.496 e. The first-order chi connectivity index (χ1) is 14.1. The van der Waals surface area contributed by atoms with E-state index in [0.717, 1.165) is 11.3 Å². The van der Waals surface area contributed by atoms with Gasteiger partial charge in [0.25, 0.3) is 0 Å². The van der Waals surface area contributed by atoms with Crippen molar-refractivity contribution in [1.29, 1.82) is 0 Å². The summed E-state index contributed by atoms with van der Waals surface area (Å²) in [6, 6.07) is 11.1. The summed E-state index contributed by atoms with van der Waals surface area (Å²) in [6.45, 7) is 2.51. The Morgan fingerprint density at radius 2 is 1.79 bits per heavy atom. The molecule has 0 atom stereocenters. The first-order valence-electron chi connectivity index (χ1n) is 8.86. The van der Waals surface area contributed by atoms with Gasteiger partial charge in [-0.25, -0.2) is 5.10 Å². The van der Waals surface area contributed by atoms with E-state index in [1.54, 1.807) is 39.7 Å². The summed E-state index contributed by atoms with van der Waals surface area (Å²) in [7, 11) is 4.71. The Hall–Kier alpha value is -3.33. The summed E-state index contributed by atoms with van der Waals surface area (Å²) in [5.74, 6) is 3.02. The third-order valence-electron chi connectivity index (χ3n) is 4.10. The van der Waals surface area contributed by atoms with Crippen molar-refractivity contribution in [1.82, 2.24) is 14.9 Å². The van der Waals surface area contributed by atoms with Crippen LogP contribution in [0.25, 0.3) is 11.4 Å². The quantitative estimate of drug-likeness (QED) is 0.444.